The van der Waals surface area contributed by atoms with Gasteiger partial charge in [0.05, 0.1) is 6.10 Å². The Balaban J connectivity index is 1.88. The van der Waals surface area contributed by atoms with Crippen LogP contribution in [-0.2, 0) is 14.3 Å². The van der Waals surface area contributed by atoms with Crippen molar-refractivity contribution in [3.63, 3.8) is 0 Å². The second kappa shape index (κ2) is 5.42. The van der Waals surface area contributed by atoms with E-state index in [0.29, 0.717) is 17.4 Å². The zero-order valence-electron chi connectivity index (χ0n) is 13.6. The van der Waals surface area contributed by atoms with E-state index in [9.17, 15) is 4.79 Å². The van der Waals surface area contributed by atoms with Gasteiger partial charge in [0.15, 0.2) is 0 Å². The van der Waals surface area contributed by atoms with E-state index >= 15 is 0 Å². The first-order chi connectivity index (χ1) is 9.94. The highest BCUT2D eigenvalue weighted by atomic mass is 16.6. The minimum atomic E-state index is -0.307. The van der Waals surface area contributed by atoms with Crippen molar-refractivity contribution in [3.05, 3.63) is 12.2 Å². The molecule has 0 aromatic heterocycles. The van der Waals surface area contributed by atoms with E-state index in [4.69, 9.17) is 9.47 Å². The molecule has 0 radical (unpaired) electrons. The maximum absolute atomic E-state index is 12.2. The van der Waals surface area contributed by atoms with Gasteiger partial charge < -0.3 is 9.47 Å². The summed E-state index contributed by atoms with van der Waals surface area (Å²) in [6, 6.07) is 0. The molecule has 4 rings (SSSR count). The molecule has 0 aromatic carbocycles. The highest BCUT2D eigenvalue weighted by Crippen LogP contribution is 2.61. The molecule has 3 nitrogen and oxygen atoms in total. The molecule has 21 heavy (non-hydrogen) atoms. The fourth-order valence-corrected chi connectivity index (χ4v) is 5.32. The van der Waals surface area contributed by atoms with Crippen molar-refractivity contribution in [2.75, 3.05) is 7.11 Å². The van der Waals surface area contributed by atoms with Gasteiger partial charge in [0, 0.05) is 19.1 Å². The standard InChI is InChI=1S/C18H28O3/c1-11(2)17(19)21-18(10-12(3)20-4)15-6-13-5-14(8-15)9-16(18)7-13/h12-16H,1,5-10H2,2-4H3. The lowest BCUT2D eigenvalue weighted by Gasteiger charge is -2.60. The Morgan fingerprint density at radius 3 is 2.14 bits per heavy atom. The van der Waals surface area contributed by atoms with Crippen LogP contribution >= 0.6 is 0 Å². The van der Waals surface area contributed by atoms with Gasteiger partial charge in [-0.1, -0.05) is 6.58 Å². The molecule has 0 aromatic rings. The predicted octanol–water partition coefficient (Wildman–Crippen LogP) is 3.73. The summed E-state index contributed by atoms with van der Waals surface area (Å²) in [4.78, 5) is 12.2. The van der Waals surface area contributed by atoms with E-state index in [2.05, 4.69) is 13.5 Å². The van der Waals surface area contributed by atoms with Crippen molar-refractivity contribution in [1.29, 1.82) is 0 Å². The van der Waals surface area contributed by atoms with Crippen LogP contribution in [0, 0.1) is 23.7 Å². The van der Waals surface area contributed by atoms with Gasteiger partial charge in [-0.05, 0) is 69.6 Å². The van der Waals surface area contributed by atoms with Gasteiger partial charge in [-0.25, -0.2) is 4.79 Å². The lowest BCUT2D eigenvalue weighted by Crippen LogP contribution is -2.60. The van der Waals surface area contributed by atoms with E-state index in [1.807, 2.05) is 0 Å². The molecular weight excluding hydrogens is 264 g/mol. The van der Waals surface area contributed by atoms with Gasteiger partial charge in [-0.3, -0.25) is 0 Å². The van der Waals surface area contributed by atoms with Gasteiger partial charge in [0.1, 0.15) is 5.60 Å². The highest BCUT2D eigenvalue weighted by molar-refractivity contribution is 5.87. The number of carbonyl (C=O) groups is 1. The second-order valence-corrected chi connectivity index (χ2v) is 7.68. The van der Waals surface area contributed by atoms with Crippen LogP contribution in [0.1, 0.15) is 52.4 Å². The highest BCUT2D eigenvalue weighted by Gasteiger charge is 2.59. The molecule has 4 aliphatic carbocycles. The largest absolute Gasteiger partial charge is 0.455 e. The Morgan fingerprint density at radius 2 is 1.71 bits per heavy atom. The van der Waals surface area contributed by atoms with Crippen LogP contribution in [0.5, 0.6) is 0 Å². The zero-order valence-corrected chi connectivity index (χ0v) is 13.6. The molecule has 0 spiro atoms. The normalized spacial score (nSPS) is 41.9. The number of esters is 1. The summed E-state index contributed by atoms with van der Waals surface area (Å²) in [6.07, 6.45) is 7.27. The van der Waals surface area contributed by atoms with Crippen LogP contribution in [0.3, 0.4) is 0 Å². The fraction of sp³-hybridized carbons (Fsp3) is 0.833. The van der Waals surface area contributed by atoms with Gasteiger partial charge in [-0.15, -0.1) is 0 Å². The molecule has 1 unspecified atom stereocenters. The lowest BCUT2D eigenvalue weighted by atomic mass is 9.49. The molecule has 118 valence electrons. The molecule has 0 heterocycles. The summed E-state index contributed by atoms with van der Waals surface area (Å²) >= 11 is 0. The van der Waals surface area contributed by atoms with Crippen LogP contribution < -0.4 is 0 Å². The van der Waals surface area contributed by atoms with Gasteiger partial charge in [0.25, 0.3) is 0 Å². The summed E-state index contributed by atoms with van der Waals surface area (Å²) in [5.41, 5.74) is 0.201. The SMILES string of the molecule is C=C(C)C(=O)OC1(CC(C)OC)C2CC3CC(C2)CC1C3. The number of carbonyl (C=O) groups excluding carboxylic acids is 1. The predicted molar refractivity (Wildman–Crippen MR) is 81.8 cm³/mol. The third kappa shape index (κ3) is 2.54. The smallest absolute Gasteiger partial charge is 0.333 e. The molecule has 0 N–H and O–H groups in total. The Morgan fingerprint density at radius 1 is 1.19 bits per heavy atom. The summed E-state index contributed by atoms with van der Waals surface area (Å²) in [5, 5.41) is 0. The maximum atomic E-state index is 12.2. The second-order valence-electron chi connectivity index (χ2n) is 7.68. The Labute approximate surface area is 128 Å². The van der Waals surface area contributed by atoms with Crippen molar-refractivity contribution in [2.45, 2.75) is 64.1 Å². The average Bonchev–Trinajstić information content (AvgIpc) is 2.43. The van der Waals surface area contributed by atoms with Crippen LogP contribution in [0.4, 0.5) is 0 Å². The molecule has 0 aliphatic heterocycles. The summed E-state index contributed by atoms with van der Waals surface area (Å²) < 4.78 is 11.6. The first-order valence-corrected chi connectivity index (χ1v) is 8.36. The topological polar surface area (TPSA) is 35.5 Å². The third-order valence-electron chi connectivity index (χ3n) is 6.16. The van der Waals surface area contributed by atoms with Gasteiger partial charge in [0.2, 0.25) is 0 Å². The fourth-order valence-electron chi connectivity index (χ4n) is 5.32. The summed E-state index contributed by atoms with van der Waals surface area (Å²) in [7, 11) is 1.75. The Kier molecular flexibility index (Phi) is 3.89. The van der Waals surface area contributed by atoms with E-state index < -0.39 is 0 Å². The quantitative estimate of drug-likeness (QED) is 0.572. The Bertz CT molecular complexity index is 412. The molecular formula is C18H28O3. The summed E-state index contributed by atoms with van der Waals surface area (Å²) in [6.45, 7) is 7.59. The van der Waals surface area contributed by atoms with Crippen molar-refractivity contribution in [2.24, 2.45) is 23.7 Å². The molecule has 1 atom stereocenters. The molecule has 4 fully saturated rings. The number of rotatable bonds is 5. The number of hydrogen-bond acceptors (Lipinski definition) is 3. The molecule has 0 amide bonds. The molecule has 4 bridgehead atoms. The molecule has 0 saturated heterocycles. The third-order valence-corrected chi connectivity index (χ3v) is 6.16. The van der Waals surface area contributed by atoms with Gasteiger partial charge >= 0.3 is 5.97 Å². The molecule has 3 heteroatoms. The number of ether oxygens (including phenoxy) is 2. The number of methoxy groups -OCH3 is 1. The zero-order chi connectivity index (χ0) is 15.2. The van der Waals surface area contributed by atoms with Crippen molar-refractivity contribution < 1.29 is 14.3 Å². The van der Waals surface area contributed by atoms with Crippen molar-refractivity contribution in [3.8, 4) is 0 Å². The van der Waals surface area contributed by atoms with Crippen molar-refractivity contribution >= 4 is 5.97 Å². The minimum Gasteiger partial charge on any atom is -0.455 e. The monoisotopic (exact) mass is 292 g/mol. The number of hydrogen-bond donors (Lipinski definition) is 0. The van der Waals surface area contributed by atoms with Crippen molar-refractivity contribution in [1.82, 2.24) is 0 Å². The van der Waals surface area contributed by atoms with Crippen LogP contribution in [0.15, 0.2) is 12.2 Å². The van der Waals surface area contributed by atoms with Crippen LogP contribution in [0.25, 0.3) is 0 Å². The minimum absolute atomic E-state index is 0.125. The van der Waals surface area contributed by atoms with E-state index in [0.717, 1.165) is 18.3 Å². The van der Waals surface area contributed by atoms with Gasteiger partial charge in [-0.2, -0.15) is 0 Å². The first-order valence-electron chi connectivity index (χ1n) is 8.36. The van der Waals surface area contributed by atoms with E-state index in [1.54, 1.807) is 14.0 Å². The molecule has 4 saturated carbocycles. The first kappa shape index (κ1) is 15.1. The van der Waals surface area contributed by atoms with E-state index in [-0.39, 0.29) is 17.7 Å². The lowest BCUT2D eigenvalue weighted by molar-refractivity contribution is -0.215. The molecule has 4 aliphatic rings. The summed E-state index contributed by atoms with van der Waals surface area (Å²) in [5.74, 6) is 2.55. The van der Waals surface area contributed by atoms with Crippen LogP contribution in [0.2, 0.25) is 0 Å². The van der Waals surface area contributed by atoms with E-state index in [1.165, 1.54) is 32.1 Å². The average molecular weight is 292 g/mol. The maximum Gasteiger partial charge on any atom is 0.333 e. The van der Waals surface area contributed by atoms with Crippen LogP contribution in [-0.4, -0.2) is 24.8 Å². The Hall–Kier alpha value is -0.830.